The minimum atomic E-state index is -1.26. The number of carboxylic acids is 2. The maximum Gasteiger partial charge on any atom is 0.328 e. The number of aliphatic hydroxyl groups excluding tert-OH is 2. The van der Waals surface area contributed by atoms with Crippen LogP contribution in [0.1, 0.15) is 81.3 Å². The summed E-state index contributed by atoms with van der Waals surface area (Å²) in [6, 6.07) is 1.23. The molecule has 1 unspecified atom stereocenters. The Balaban J connectivity index is 0.000000954. The molecule has 0 aromatic carbocycles. The molecular weight excluding hydrogens is 418 g/mol. The van der Waals surface area contributed by atoms with Gasteiger partial charge in [0.15, 0.2) is 0 Å². The van der Waals surface area contributed by atoms with Crippen LogP contribution in [0.3, 0.4) is 0 Å². The van der Waals surface area contributed by atoms with Gasteiger partial charge < -0.3 is 26.2 Å². The van der Waals surface area contributed by atoms with E-state index in [0.29, 0.717) is 12.2 Å². The Morgan fingerprint density at radius 1 is 1.06 bits per heavy atom. The van der Waals surface area contributed by atoms with Crippen molar-refractivity contribution in [3.05, 3.63) is 34.0 Å². The van der Waals surface area contributed by atoms with Crippen molar-refractivity contribution < 1.29 is 30.0 Å². The predicted molar refractivity (Wildman–Crippen MR) is 123 cm³/mol. The van der Waals surface area contributed by atoms with E-state index < -0.39 is 24.1 Å². The van der Waals surface area contributed by atoms with Gasteiger partial charge in [-0.15, -0.1) is 11.3 Å². The lowest BCUT2D eigenvalue weighted by atomic mass is 10.1. The molecule has 6 N–H and O–H groups in total. The SMILES string of the molecule is CCCCCCCCCCC#Cc1csc(C(O)[C@H](N)CO)c1.O=C(O)/C=C\C(=O)O. The predicted octanol–water partition coefficient (Wildman–Crippen LogP) is 3.70. The van der Waals surface area contributed by atoms with Gasteiger partial charge >= 0.3 is 11.9 Å². The molecule has 1 rings (SSSR count). The number of hydrogen-bond acceptors (Lipinski definition) is 6. The quantitative estimate of drug-likeness (QED) is 0.174. The Morgan fingerprint density at radius 3 is 2.13 bits per heavy atom. The van der Waals surface area contributed by atoms with Crippen molar-refractivity contribution in [3.8, 4) is 11.8 Å². The monoisotopic (exact) mass is 453 g/mol. The number of hydrogen-bond donors (Lipinski definition) is 5. The third kappa shape index (κ3) is 16.2. The van der Waals surface area contributed by atoms with Crippen molar-refractivity contribution in [1.82, 2.24) is 0 Å². The lowest BCUT2D eigenvalue weighted by molar-refractivity contribution is -0.134. The summed E-state index contributed by atoms with van der Waals surface area (Å²) in [5, 5.41) is 36.5. The first-order chi connectivity index (χ1) is 14.8. The zero-order chi connectivity index (χ0) is 23.5. The highest BCUT2D eigenvalue weighted by molar-refractivity contribution is 7.10. The van der Waals surface area contributed by atoms with E-state index in [4.69, 9.17) is 21.1 Å². The Bertz CT molecular complexity index is 703. The van der Waals surface area contributed by atoms with E-state index in [1.54, 1.807) is 0 Å². The van der Waals surface area contributed by atoms with Crippen LogP contribution in [0.25, 0.3) is 0 Å². The van der Waals surface area contributed by atoms with Crippen LogP contribution in [0.5, 0.6) is 0 Å². The lowest BCUT2D eigenvalue weighted by Crippen LogP contribution is -2.31. The Hall–Kier alpha value is -2.18. The number of thiophene rings is 1. The van der Waals surface area contributed by atoms with Crippen LogP contribution in [0, 0.1) is 11.8 Å². The van der Waals surface area contributed by atoms with Crippen LogP contribution in [0.2, 0.25) is 0 Å². The van der Waals surface area contributed by atoms with Crippen LogP contribution in [-0.4, -0.2) is 45.0 Å². The Kier molecular flexibility index (Phi) is 17.3. The summed E-state index contributed by atoms with van der Waals surface area (Å²) < 4.78 is 0. The summed E-state index contributed by atoms with van der Waals surface area (Å²) in [5.74, 6) is 3.83. The van der Waals surface area contributed by atoms with Crippen LogP contribution < -0.4 is 5.73 Å². The zero-order valence-electron chi connectivity index (χ0n) is 18.1. The van der Waals surface area contributed by atoms with Gasteiger partial charge in [-0.1, -0.05) is 63.7 Å². The van der Waals surface area contributed by atoms with Gasteiger partial charge in [-0.25, -0.2) is 9.59 Å². The molecule has 0 bridgehead atoms. The molecule has 0 fully saturated rings. The highest BCUT2D eigenvalue weighted by Crippen LogP contribution is 2.23. The van der Waals surface area contributed by atoms with Gasteiger partial charge in [0, 0.05) is 34.4 Å². The normalized spacial score (nSPS) is 12.4. The average molecular weight is 454 g/mol. The molecule has 2 atom stereocenters. The van der Waals surface area contributed by atoms with Gasteiger partial charge in [-0.2, -0.15) is 0 Å². The maximum atomic E-state index is 9.93. The molecule has 7 nitrogen and oxygen atoms in total. The first kappa shape index (κ1) is 28.8. The highest BCUT2D eigenvalue weighted by atomic mass is 32.1. The van der Waals surface area contributed by atoms with Gasteiger partial charge in [-0.05, 0) is 12.5 Å². The van der Waals surface area contributed by atoms with E-state index in [2.05, 4.69) is 18.8 Å². The van der Waals surface area contributed by atoms with E-state index in [9.17, 15) is 14.7 Å². The van der Waals surface area contributed by atoms with Crippen molar-refractivity contribution in [2.24, 2.45) is 5.73 Å². The lowest BCUT2D eigenvalue weighted by Gasteiger charge is -2.14. The molecule has 1 aromatic heterocycles. The number of carbonyl (C=O) groups is 2. The summed E-state index contributed by atoms with van der Waals surface area (Å²) in [6.07, 6.45) is 11.8. The van der Waals surface area contributed by atoms with Gasteiger partial charge in [0.05, 0.1) is 12.6 Å². The van der Waals surface area contributed by atoms with Crippen molar-refractivity contribution >= 4 is 23.3 Å². The molecule has 0 amide bonds. The Labute approximate surface area is 188 Å². The molecule has 174 valence electrons. The van der Waals surface area contributed by atoms with E-state index in [1.165, 1.54) is 56.3 Å². The second-order valence-electron chi connectivity index (χ2n) is 7.07. The van der Waals surface area contributed by atoms with Crippen molar-refractivity contribution in [2.45, 2.75) is 76.9 Å². The molecule has 0 spiro atoms. The second-order valence-corrected chi connectivity index (χ2v) is 8.01. The molecule has 1 heterocycles. The fourth-order valence-electron chi connectivity index (χ4n) is 2.54. The van der Waals surface area contributed by atoms with Crippen molar-refractivity contribution in [1.29, 1.82) is 0 Å². The van der Waals surface area contributed by atoms with Gasteiger partial charge in [0.25, 0.3) is 0 Å². The van der Waals surface area contributed by atoms with Crippen LogP contribution in [-0.2, 0) is 9.59 Å². The molecule has 0 aliphatic carbocycles. The summed E-state index contributed by atoms with van der Waals surface area (Å²) in [5.41, 5.74) is 6.56. The number of carboxylic acid groups (broad SMARTS) is 2. The topological polar surface area (TPSA) is 141 Å². The molecule has 1 aromatic rings. The number of aliphatic carboxylic acids is 2. The van der Waals surface area contributed by atoms with Crippen LogP contribution >= 0.6 is 11.3 Å². The van der Waals surface area contributed by atoms with E-state index in [-0.39, 0.29) is 6.61 Å². The average Bonchev–Trinajstić information content (AvgIpc) is 3.21. The minimum absolute atomic E-state index is 0.224. The van der Waals surface area contributed by atoms with Crippen LogP contribution in [0.15, 0.2) is 23.6 Å². The fraction of sp³-hybridized carbons (Fsp3) is 0.565. The number of unbranched alkanes of at least 4 members (excludes halogenated alkanes) is 8. The Morgan fingerprint density at radius 2 is 1.61 bits per heavy atom. The molecule has 0 saturated heterocycles. The standard InChI is InChI=1S/C19H31NO2S.C4H4O4/c1-2-3-4-5-6-7-8-9-10-11-12-16-13-18(23-15-16)19(22)17(20)14-21;5-3(6)1-2-4(7)8/h13,15,17,19,21-22H,2-10,14,20H2,1H3;1-2H,(H,5,6)(H,7,8)/b;2-1-/t17-,19?;/m1./s1. The maximum absolute atomic E-state index is 9.93. The van der Waals surface area contributed by atoms with E-state index in [1.807, 2.05) is 11.4 Å². The molecule has 31 heavy (non-hydrogen) atoms. The summed E-state index contributed by atoms with van der Waals surface area (Å²) in [6.45, 7) is 2.02. The van der Waals surface area contributed by atoms with E-state index in [0.717, 1.165) is 23.3 Å². The fourth-order valence-corrected chi connectivity index (χ4v) is 3.44. The molecule has 0 radical (unpaired) electrons. The van der Waals surface area contributed by atoms with Crippen LogP contribution in [0.4, 0.5) is 0 Å². The third-order valence-electron chi connectivity index (χ3n) is 4.28. The second kappa shape index (κ2) is 18.6. The van der Waals surface area contributed by atoms with Gasteiger partial charge in [-0.3, -0.25) is 0 Å². The smallest absolute Gasteiger partial charge is 0.328 e. The molecule has 8 heteroatoms. The summed E-state index contributed by atoms with van der Waals surface area (Å²) >= 11 is 1.44. The number of nitrogens with two attached hydrogens (primary N) is 1. The molecular formula is C23H35NO6S. The molecule has 0 aliphatic heterocycles. The number of rotatable bonds is 13. The third-order valence-corrected chi connectivity index (χ3v) is 5.29. The summed E-state index contributed by atoms with van der Waals surface area (Å²) in [7, 11) is 0. The molecule has 0 saturated carbocycles. The first-order valence-corrected chi connectivity index (χ1v) is 11.5. The summed E-state index contributed by atoms with van der Waals surface area (Å²) in [4.78, 5) is 19.9. The first-order valence-electron chi connectivity index (χ1n) is 10.6. The van der Waals surface area contributed by atoms with Gasteiger partial charge in [0.2, 0.25) is 0 Å². The zero-order valence-corrected chi connectivity index (χ0v) is 18.9. The van der Waals surface area contributed by atoms with Crippen molar-refractivity contribution in [2.75, 3.05) is 6.61 Å². The molecule has 0 aliphatic rings. The highest BCUT2D eigenvalue weighted by Gasteiger charge is 2.17. The largest absolute Gasteiger partial charge is 0.478 e. The van der Waals surface area contributed by atoms with E-state index >= 15 is 0 Å². The van der Waals surface area contributed by atoms with Crippen molar-refractivity contribution in [3.63, 3.8) is 0 Å². The minimum Gasteiger partial charge on any atom is -0.478 e. The number of aliphatic hydroxyl groups is 2. The van der Waals surface area contributed by atoms with Gasteiger partial charge in [0.1, 0.15) is 6.10 Å².